The molecule has 0 unspecified atom stereocenters. The fourth-order valence-electron chi connectivity index (χ4n) is 4.50. The normalized spacial score (nSPS) is 15.7. The van der Waals surface area contributed by atoms with Gasteiger partial charge in [-0.15, -0.1) is 0 Å². The van der Waals surface area contributed by atoms with Crippen molar-refractivity contribution in [3.05, 3.63) is 64.6 Å². The maximum absolute atomic E-state index is 16.0. The highest BCUT2D eigenvalue weighted by molar-refractivity contribution is 6.34. The summed E-state index contributed by atoms with van der Waals surface area (Å²) in [6, 6.07) is 10.8. The van der Waals surface area contributed by atoms with Crippen molar-refractivity contribution in [2.24, 2.45) is 7.05 Å². The largest absolute Gasteiger partial charge is 0.336 e. The lowest BCUT2D eigenvalue weighted by atomic mass is 10.1. The summed E-state index contributed by atoms with van der Waals surface area (Å²) in [4.78, 5) is 21.3. The zero-order chi connectivity index (χ0) is 25.7. The SMILES string of the molecule is CN(C)[C@H]1CCN(C(=O)c2nc(-c3ccc(C#N)c(F)c3)n(-c3ccc4nn(C)c(Cl)c4c3)c2F)C1. The monoisotopic (exact) mass is 509 g/mol. The number of rotatable bonds is 4. The van der Waals surface area contributed by atoms with Gasteiger partial charge in [0.1, 0.15) is 22.9 Å². The van der Waals surface area contributed by atoms with Crippen LogP contribution >= 0.6 is 11.6 Å². The van der Waals surface area contributed by atoms with E-state index in [9.17, 15) is 9.18 Å². The van der Waals surface area contributed by atoms with Gasteiger partial charge in [-0.3, -0.25) is 14.0 Å². The van der Waals surface area contributed by atoms with Crippen LogP contribution in [-0.4, -0.2) is 68.3 Å². The lowest BCUT2D eigenvalue weighted by molar-refractivity contribution is 0.0772. The van der Waals surface area contributed by atoms with E-state index in [4.69, 9.17) is 16.9 Å². The van der Waals surface area contributed by atoms with Crippen LogP contribution in [-0.2, 0) is 7.05 Å². The standard InChI is InChI=1S/C25H22ClF2N7O/c1-32(2)17-8-9-34(13-17)25(36)21-23(28)35(16-6-7-20-18(11-16)22(26)33(3)31-20)24(30-21)14-4-5-15(12-29)19(27)10-14/h4-7,10-11,17H,8-9,13H2,1-3H3/t17-/m0/s1. The van der Waals surface area contributed by atoms with Crippen molar-refractivity contribution in [1.82, 2.24) is 29.1 Å². The Balaban J connectivity index is 1.67. The van der Waals surface area contributed by atoms with E-state index >= 15 is 4.39 Å². The van der Waals surface area contributed by atoms with Crippen LogP contribution in [0.4, 0.5) is 8.78 Å². The molecule has 5 rings (SSSR count). The Labute approximate surface area is 210 Å². The van der Waals surface area contributed by atoms with Crippen LogP contribution in [0.15, 0.2) is 36.4 Å². The molecule has 0 N–H and O–H groups in total. The summed E-state index contributed by atoms with van der Waals surface area (Å²) in [5.74, 6) is -2.14. The van der Waals surface area contributed by atoms with Gasteiger partial charge in [0.25, 0.3) is 5.91 Å². The maximum atomic E-state index is 16.0. The van der Waals surface area contributed by atoms with Crippen LogP contribution in [0, 0.1) is 23.1 Å². The average Bonchev–Trinajstić information content (AvgIpc) is 3.55. The van der Waals surface area contributed by atoms with E-state index in [0.717, 1.165) is 17.1 Å². The number of benzene rings is 2. The number of aryl methyl sites for hydroxylation is 1. The van der Waals surface area contributed by atoms with Gasteiger partial charge in [-0.2, -0.15) is 14.8 Å². The van der Waals surface area contributed by atoms with E-state index in [1.165, 1.54) is 16.8 Å². The first-order valence-corrected chi connectivity index (χ1v) is 11.6. The molecule has 36 heavy (non-hydrogen) atoms. The number of halogens is 3. The number of hydrogen-bond donors (Lipinski definition) is 0. The van der Waals surface area contributed by atoms with Crippen LogP contribution in [0.3, 0.4) is 0 Å². The van der Waals surface area contributed by atoms with E-state index in [1.54, 1.807) is 36.2 Å². The maximum Gasteiger partial charge on any atom is 0.277 e. The van der Waals surface area contributed by atoms with Gasteiger partial charge in [-0.05, 0) is 56.9 Å². The number of nitriles is 1. The van der Waals surface area contributed by atoms with Crippen molar-refractivity contribution in [2.75, 3.05) is 27.2 Å². The number of aromatic nitrogens is 4. The summed E-state index contributed by atoms with van der Waals surface area (Å²) in [5, 5.41) is 14.4. The number of carbonyl (C=O) groups excluding carboxylic acids is 1. The molecule has 2 aromatic carbocycles. The quantitative estimate of drug-likeness (QED) is 0.415. The second-order valence-electron chi connectivity index (χ2n) is 8.99. The molecule has 1 aliphatic heterocycles. The van der Waals surface area contributed by atoms with Crippen molar-refractivity contribution < 1.29 is 13.6 Å². The van der Waals surface area contributed by atoms with Crippen LogP contribution in [0.25, 0.3) is 28.0 Å². The summed E-state index contributed by atoms with van der Waals surface area (Å²) in [6.45, 7) is 0.933. The third-order valence-electron chi connectivity index (χ3n) is 6.55. The third-order valence-corrected chi connectivity index (χ3v) is 7.00. The summed E-state index contributed by atoms with van der Waals surface area (Å²) in [7, 11) is 5.56. The van der Waals surface area contributed by atoms with Crippen LogP contribution in [0.2, 0.25) is 5.15 Å². The summed E-state index contributed by atoms with van der Waals surface area (Å²) >= 11 is 6.37. The first-order chi connectivity index (χ1) is 17.2. The number of likely N-dealkylation sites (tertiary alicyclic amines) is 1. The highest BCUT2D eigenvalue weighted by atomic mass is 35.5. The Kier molecular flexibility index (Phi) is 5.98. The third kappa shape index (κ3) is 3.90. The second-order valence-corrected chi connectivity index (χ2v) is 9.35. The van der Waals surface area contributed by atoms with E-state index in [0.29, 0.717) is 34.8 Å². The minimum atomic E-state index is -0.868. The molecule has 184 valence electrons. The molecule has 1 fully saturated rings. The number of imidazole rings is 1. The van der Waals surface area contributed by atoms with E-state index in [1.807, 2.05) is 19.0 Å². The molecule has 0 radical (unpaired) electrons. The van der Waals surface area contributed by atoms with Crippen molar-refractivity contribution in [3.8, 4) is 23.1 Å². The van der Waals surface area contributed by atoms with Crippen molar-refractivity contribution in [3.63, 3.8) is 0 Å². The van der Waals surface area contributed by atoms with Gasteiger partial charge in [-0.1, -0.05) is 11.6 Å². The zero-order valence-electron chi connectivity index (χ0n) is 19.8. The molecule has 11 heteroatoms. The lowest BCUT2D eigenvalue weighted by Gasteiger charge is -2.19. The molecule has 0 aliphatic carbocycles. The topological polar surface area (TPSA) is 83.0 Å². The molecule has 3 heterocycles. The number of carbonyl (C=O) groups is 1. The molecule has 1 aliphatic rings. The number of amides is 1. The fraction of sp³-hybridized carbons (Fsp3) is 0.280. The first kappa shape index (κ1) is 23.9. The molecule has 0 bridgehead atoms. The van der Waals surface area contributed by atoms with Crippen molar-refractivity contribution >= 4 is 28.4 Å². The molecule has 4 aromatic rings. The second kappa shape index (κ2) is 9.00. The molecular formula is C25H22ClF2N7O. The molecule has 8 nitrogen and oxygen atoms in total. The van der Waals surface area contributed by atoms with E-state index in [2.05, 4.69) is 10.1 Å². The molecule has 1 atom stereocenters. The van der Waals surface area contributed by atoms with Gasteiger partial charge >= 0.3 is 0 Å². The number of hydrogen-bond acceptors (Lipinski definition) is 5. The minimum absolute atomic E-state index is 0.0296. The van der Waals surface area contributed by atoms with Gasteiger partial charge < -0.3 is 9.80 Å². The van der Waals surface area contributed by atoms with E-state index < -0.39 is 17.7 Å². The van der Waals surface area contributed by atoms with Crippen molar-refractivity contribution in [1.29, 1.82) is 5.26 Å². The lowest BCUT2D eigenvalue weighted by Crippen LogP contribution is -2.35. The number of likely N-dealkylation sites (N-methyl/N-ethyl adjacent to an activating group) is 1. The Hall–Kier alpha value is -3.81. The number of nitrogens with zero attached hydrogens (tertiary/aromatic N) is 7. The highest BCUT2D eigenvalue weighted by Gasteiger charge is 2.33. The van der Waals surface area contributed by atoms with Crippen LogP contribution < -0.4 is 0 Å². The van der Waals surface area contributed by atoms with Gasteiger partial charge in [0, 0.05) is 37.1 Å². The average molecular weight is 510 g/mol. The van der Waals surface area contributed by atoms with Crippen LogP contribution in [0.1, 0.15) is 22.5 Å². The molecule has 0 spiro atoms. The Bertz CT molecular complexity index is 1550. The predicted octanol–water partition coefficient (Wildman–Crippen LogP) is 4.01. The van der Waals surface area contributed by atoms with Crippen molar-refractivity contribution in [2.45, 2.75) is 12.5 Å². The first-order valence-electron chi connectivity index (χ1n) is 11.3. The predicted molar refractivity (Wildman–Crippen MR) is 131 cm³/mol. The summed E-state index contributed by atoms with van der Waals surface area (Å²) in [6.07, 6.45) is 0.769. The summed E-state index contributed by atoms with van der Waals surface area (Å²) < 4.78 is 33.2. The van der Waals surface area contributed by atoms with Gasteiger partial charge in [0.15, 0.2) is 5.69 Å². The molecule has 2 aromatic heterocycles. The number of fused-ring (bicyclic) bond motifs is 1. The van der Waals surface area contributed by atoms with Gasteiger partial charge in [0.05, 0.1) is 16.8 Å². The molecule has 1 amide bonds. The smallest absolute Gasteiger partial charge is 0.277 e. The summed E-state index contributed by atoms with van der Waals surface area (Å²) in [5.41, 5.74) is 0.666. The van der Waals surface area contributed by atoms with E-state index in [-0.39, 0.29) is 28.7 Å². The molecule has 0 saturated carbocycles. The van der Waals surface area contributed by atoms with Gasteiger partial charge in [0.2, 0.25) is 5.95 Å². The Morgan fingerprint density at radius 3 is 2.67 bits per heavy atom. The molecular weight excluding hydrogens is 488 g/mol. The molecule has 1 saturated heterocycles. The van der Waals surface area contributed by atoms with Gasteiger partial charge in [-0.25, -0.2) is 9.37 Å². The highest BCUT2D eigenvalue weighted by Crippen LogP contribution is 2.31. The minimum Gasteiger partial charge on any atom is -0.336 e. The Morgan fingerprint density at radius 1 is 1.22 bits per heavy atom. The fourth-order valence-corrected chi connectivity index (χ4v) is 4.69. The Morgan fingerprint density at radius 2 is 2.00 bits per heavy atom. The zero-order valence-corrected chi connectivity index (χ0v) is 20.6. The van der Waals surface area contributed by atoms with Crippen LogP contribution in [0.5, 0.6) is 0 Å².